The molecule has 0 fully saturated rings. The molecule has 1 aliphatic rings. The highest BCUT2D eigenvalue weighted by Crippen LogP contribution is 2.39. The summed E-state index contributed by atoms with van der Waals surface area (Å²) in [5.41, 5.74) is 2.86. The molecule has 33 heavy (non-hydrogen) atoms. The summed E-state index contributed by atoms with van der Waals surface area (Å²) in [5.74, 6) is 1.21. The number of carbonyl (C=O) groups excluding carboxylic acids is 2. The Hall–Kier alpha value is -3.80. The summed E-state index contributed by atoms with van der Waals surface area (Å²) >= 11 is 0. The second kappa shape index (κ2) is 8.98. The van der Waals surface area contributed by atoms with E-state index in [1.165, 1.54) is 5.56 Å². The van der Waals surface area contributed by atoms with Gasteiger partial charge in [-0.05, 0) is 60.4 Å². The third kappa shape index (κ3) is 4.85. The van der Waals surface area contributed by atoms with Gasteiger partial charge >= 0.3 is 0 Å². The Labute approximate surface area is 194 Å². The second-order valence-electron chi connectivity index (χ2n) is 8.94. The molecule has 3 aromatic rings. The number of rotatable bonds is 5. The van der Waals surface area contributed by atoms with Crippen LogP contribution in [0, 0.1) is 0 Å². The van der Waals surface area contributed by atoms with Crippen LogP contribution in [-0.4, -0.2) is 25.0 Å². The molecule has 0 saturated heterocycles. The first-order valence-corrected chi connectivity index (χ1v) is 11.0. The first kappa shape index (κ1) is 22.4. The fourth-order valence-corrected chi connectivity index (χ4v) is 3.71. The van der Waals surface area contributed by atoms with Gasteiger partial charge in [0.05, 0.1) is 11.3 Å². The minimum absolute atomic E-state index is 0.0527. The molecule has 0 aliphatic carbocycles. The van der Waals surface area contributed by atoms with Crippen molar-refractivity contribution in [1.29, 1.82) is 0 Å². The Bertz CT molecular complexity index is 1180. The van der Waals surface area contributed by atoms with E-state index >= 15 is 0 Å². The van der Waals surface area contributed by atoms with E-state index in [1.54, 1.807) is 23.1 Å². The van der Waals surface area contributed by atoms with E-state index in [0.29, 0.717) is 35.0 Å². The normalized spacial score (nSPS) is 12.8. The Balaban J connectivity index is 1.45. The predicted octanol–water partition coefficient (Wildman–Crippen LogP) is 5.77. The van der Waals surface area contributed by atoms with Crippen LogP contribution in [0.2, 0.25) is 0 Å². The van der Waals surface area contributed by atoms with Gasteiger partial charge in [-0.3, -0.25) is 9.59 Å². The number of hydrogen-bond donors (Lipinski definition) is 1. The monoisotopic (exact) mass is 444 g/mol. The maximum atomic E-state index is 13.2. The average Bonchev–Trinajstić information content (AvgIpc) is 2.91. The highest BCUT2D eigenvalue weighted by atomic mass is 16.5. The van der Waals surface area contributed by atoms with E-state index < -0.39 is 0 Å². The van der Waals surface area contributed by atoms with Crippen LogP contribution in [0.3, 0.4) is 0 Å². The molecule has 3 aromatic carbocycles. The number of anilines is 2. The summed E-state index contributed by atoms with van der Waals surface area (Å²) in [6, 6.07) is 20.2. The molecule has 1 N–H and O–H groups in total. The van der Waals surface area contributed by atoms with Crippen molar-refractivity contribution >= 4 is 23.2 Å². The van der Waals surface area contributed by atoms with Gasteiger partial charge in [0.1, 0.15) is 11.5 Å². The standard InChI is InChI=1S/C27H28N2O4/c1-5-29-22-8-6-7-9-24(22)33-23-15-12-19(16-21(23)26(29)31)28-25(30)17-32-20-13-10-18(11-14-20)27(2,3)4/h6-16H,5,17H2,1-4H3,(H,28,30). The Morgan fingerprint density at radius 2 is 1.73 bits per heavy atom. The molecule has 0 spiro atoms. The maximum Gasteiger partial charge on any atom is 0.262 e. The van der Waals surface area contributed by atoms with Crippen molar-refractivity contribution in [2.75, 3.05) is 23.4 Å². The number of fused-ring (bicyclic) bond motifs is 2. The topological polar surface area (TPSA) is 67.9 Å². The van der Waals surface area contributed by atoms with Crippen LogP contribution in [-0.2, 0) is 10.2 Å². The van der Waals surface area contributed by atoms with Crippen molar-refractivity contribution in [2.45, 2.75) is 33.1 Å². The summed E-state index contributed by atoms with van der Waals surface area (Å²) in [5, 5.41) is 2.80. The quantitative estimate of drug-likeness (QED) is 0.542. The van der Waals surface area contributed by atoms with Crippen LogP contribution in [0.15, 0.2) is 66.7 Å². The number of benzene rings is 3. The summed E-state index contributed by atoms with van der Waals surface area (Å²) in [6.45, 7) is 8.71. The minimum atomic E-state index is -0.313. The summed E-state index contributed by atoms with van der Waals surface area (Å²) in [4.78, 5) is 27.3. The SMILES string of the molecule is CCN1C(=O)c2cc(NC(=O)COc3ccc(C(C)(C)C)cc3)ccc2Oc2ccccc21. The molecule has 0 unspecified atom stereocenters. The van der Waals surface area contributed by atoms with Gasteiger partial charge < -0.3 is 19.7 Å². The van der Waals surface area contributed by atoms with Crippen molar-refractivity contribution in [3.05, 3.63) is 77.9 Å². The number of hydrogen-bond acceptors (Lipinski definition) is 4. The molecule has 1 aliphatic heterocycles. The molecule has 1 heterocycles. The largest absolute Gasteiger partial charge is 0.484 e. The van der Waals surface area contributed by atoms with Gasteiger partial charge in [0.2, 0.25) is 0 Å². The first-order chi connectivity index (χ1) is 15.8. The van der Waals surface area contributed by atoms with Crippen LogP contribution < -0.4 is 19.7 Å². The Kier molecular flexibility index (Phi) is 6.09. The van der Waals surface area contributed by atoms with E-state index in [1.807, 2.05) is 55.5 Å². The Morgan fingerprint density at radius 3 is 2.42 bits per heavy atom. The lowest BCUT2D eigenvalue weighted by molar-refractivity contribution is -0.118. The van der Waals surface area contributed by atoms with Gasteiger partial charge in [0.15, 0.2) is 12.4 Å². The lowest BCUT2D eigenvalue weighted by Gasteiger charge is -2.20. The number of carbonyl (C=O) groups is 2. The van der Waals surface area contributed by atoms with Gasteiger partial charge in [-0.25, -0.2) is 0 Å². The zero-order chi connectivity index (χ0) is 23.6. The van der Waals surface area contributed by atoms with Crippen LogP contribution >= 0.6 is 0 Å². The number of ether oxygens (including phenoxy) is 2. The highest BCUT2D eigenvalue weighted by molar-refractivity contribution is 6.10. The van der Waals surface area contributed by atoms with E-state index in [0.717, 1.165) is 5.69 Å². The zero-order valence-electron chi connectivity index (χ0n) is 19.3. The van der Waals surface area contributed by atoms with Crippen LogP contribution in [0.5, 0.6) is 17.2 Å². The van der Waals surface area contributed by atoms with Gasteiger partial charge in [-0.2, -0.15) is 0 Å². The van der Waals surface area contributed by atoms with Gasteiger partial charge in [0, 0.05) is 12.2 Å². The molecule has 0 saturated carbocycles. The van der Waals surface area contributed by atoms with Crippen LogP contribution in [0.1, 0.15) is 43.6 Å². The molecule has 4 rings (SSSR count). The van der Waals surface area contributed by atoms with E-state index in [9.17, 15) is 9.59 Å². The first-order valence-electron chi connectivity index (χ1n) is 11.0. The molecule has 0 atom stereocenters. The number of nitrogens with zero attached hydrogens (tertiary/aromatic N) is 1. The van der Waals surface area contributed by atoms with Gasteiger partial charge in [0.25, 0.3) is 11.8 Å². The van der Waals surface area contributed by atoms with Crippen molar-refractivity contribution in [3.63, 3.8) is 0 Å². The summed E-state index contributed by atoms with van der Waals surface area (Å²) in [6.07, 6.45) is 0. The van der Waals surface area contributed by atoms with E-state index in [-0.39, 0.29) is 23.8 Å². The lowest BCUT2D eigenvalue weighted by Crippen LogP contribution is -2.30. The molecule has 6 nitrogen and oxygen atoms in total. The fourth-order valence-electron chi connectivity index (χ4n) is 3.71. The molecular weight excluding hydrogens is 416 g/mol. The Morgan fingerprint density at radius 1 is 1.00 bits per heavy atom. The highest BCUT2D eigenvalue weighted by Gasteiger charge is 2.27. The number of nitrogens with one attached hydrogen (secondary N) is 1. The number of para-hydroxylation sites is 2. The minimum Gasteiger partial charge on any atom is -0.484 e. The molecule has 6 heteroatoms. The second-order valence-corrected chi connectivity index (χ2v) is 8.94. The predicted molar refractivity (Wildman–Crippen MR) is 130 cm³/mol. The average molecular weight is 445 g/mol. The number of amides is 2. The zero-order valence-corrected chi connectivity index (χ0v) is 19.3. The van der Waals surface area contributed by atoms with Gasteiger partial charge in [-0.1, -0.05) is 45.0 Å². The molecular formula is C27H28N2O4. The van der Waals surface area contributed by atoms with Crippen LogP contribution in [0.4, 0.5) is 11.4 Å². The maximum absolute atomic E-state index is 13.2. The smallest absolute Gasteiger partial charge is 0.262 e. The molecule has 0 radical (unpaired) electrons. The van der Waals surface area contributed by atoms with E-state index in [4.69, 9.17) is 9.47 Å². The lowest BCUT2D eigenvalue weighted by atomic mass is 9.87. The molecule has 0 bridgehead atoms. The third-order valence-electron chi connectivity index (χ3n) is 5.52. The summed E-state index contributed by atoms with van der Waals surface area (Å²) < 4.78 is 11.6. The molecule has 170 valence electrons. The van der Waals surface area contributed by atoms with Crippen molar-refractivity contribution in [1.82, 2.24) is 0 Å². The van der Waals surface area contributed by atoms with Gasteiger partial charge in [-0.15, -0.1) is 0 Å². The van der Waals surface area contributed by atoms with Crippen LogP contribution in [0.25, 0.3) is 0 Å². The molecule has 0 aromatic heterocycles. The fraction of sp³-hybridized carbons (Fsp3) is 0.259. The summed E-state index contributed by atoms with van der Waals surface area (Å²) in [7, 11) is 0. The van der Waals surface area contributed by atoms with E-state index in [2.05, 4.69) is 26.1 Å². The van der Waals surface area contributed by atoms with Crippen molar-refractivity contribution in [2.24, 2.45) is 0 Å². The van der Waals surface area contributed by atoms with Crippen molar-refractivity contribution < 1.29 is 19.1 Å². The van der Waals surface area contributed by atoms with Crippen molar-refractivity contribution in [3.8, 4) is 17.2 Å². The third-order valence-corrected chi connectivity index (χ3v) is 5.52. The molecule has 2 amide bonds.